The number of fused-ring (bicyclic) bond motifs is 2. The number of halogens is 1. The Morgan fingerprint density at radius 2 is 2.00 bits per heavy atom. The number of rotatable bonds is 5. The van der Waals surface area contributed by atoms with Crippen molar-refractivity contribution in [2.24, 2.45) is 0 Å². The van der Waals surface area contributed by atoms with Crippen molar-refractivity contribution in [3.63, 3.8) is 0 Å². The molecular formula is C14H25ClN4O. The zero-order valence-corrected chi connectivity index (χ0v) is 13.2. The van der Waals surface area contributed by atoms with E-state index in [2.05, 4.69) is 34.3 Å². The molecule has 2 aliphatic heterocycles. The summed E-state index contributed by atoms with van der Waals surface area (Å²) >= 11 is 0. The van der Waals surface area contributed by atoms with Crippen LogP contribution in [0.1, 0.15) is 50.7 Å². The molecule has 1 aromatic heterocycles. The molecule has 0 aliphatic carbocycles. The minimum atomic E-state index is 0. The van der Waals surface area contributed by atoms with Gasteiger partial charge in [-0.25, -0.2) is 0 Å². The molecule has 20 heavy (non-hydrogen) atoms. The van der Waals surface area contributed by atoms with Crippen LogP contribution >= 0.6 is 12.4 Å². The summed E-state index contributed by atoms with van der Waals surface area (Å²) in [5.74, 6) is 1.60. The number of piperidine rings is 1. The summed E-state index contributed by atoms with van der Waals surface area (Å²) in [6, 6.07) is 2.12. The van der Waals surface area contributed by atoms with Gasteiger partial charge in [0.2, 0.25) is 5.89 Å². The molecule has 0 aromatic carbocycles. The number of hydrogen-bond donors (Lipinski definition) is 1. The van der Waals surface area contributed by atoms with E-state index in [0.29, 0.717) is 6.04 Å². The van der Waals surface area contributed by atoms with E-state index in [9.17, 15) is 0 Å². The van der Waals surface area contributed by atoms with Crippen LogP contribution in [-0.4, -0.2) is 40.2 Å². The first-order valence-corrected chi connectivity index (χ1v) is 7.52. The van der Waals surface area contributed by atoms with E-state index in [-0.39, 0.29) is 12.4 Å². The second-order valence-electron chi connectivity index (χ2n) is 6.03. The molecule has 0 spiro atoms. The van der Waals surface area contributed by atoms with Crippen molar-refractivity contribution in [1.29, 1.82) is 0 Å². The molecule has 3 heterocycles. The minimum Gasteiger partial charge on any atom is -0.339 e. The molecule has 5 nitrogen and oxygen atoms in total. The highest BCUT2D eigenvalue weighted by Crippen LogP contribution is 2.29. The fraction of sp³-hybridized carbons (Fsp3) is 0.857. The van der Waals surface area contributed by atoms with Gasteiger partial charge in [-0.05, 0) is 39.2 Å². The number of aromatic nitrogens is 2. The summed E-state index contributed by atoms with van der Waals surface area (Å²) in [6.45, 7) is 2.93. The Hall–Kier alpha value is -0.650. The molecule has 0 radical (unpaired) electrons. The van der Waals surface area contributed by atoms with Crippen molar-refractivity contribution < 1.29 is 4.52 Å². The van der Waals surface area contributed by atoms with E-state index in [1.54, 1.807) is 0 Å². The molecule has 114 valence electrons. The third-order valence-electron chi connectivity index (χ3n) is 4.44. The summed E-state index contributed by atoms with van der Waals surface area (Å²) < 4.78 is 5.25. The molecule has 3 rings (SSSR count). The van der Waals surface area contributed by atoms with Crippen molar-refractivity contribution in [3.8, 4) is 0 Å². The van der Waals surface area contributed by atoms with Crippen LogP contribution in [0.3, 0.4) is 0 Å². The number of nitrogens with zero attached hydrogens (tertiary/aromatic N) is 3. The van der Waals surface area contributed by atoms with E-state index < -0.39 is 0 Å². The van der Waals surface area contributed by atoms with Crippen molar-refractivity contribution in [2.45, 2.75) is 70.1 Å². The predicted octanol–water partition coefficient (Wildman–Crippen LogP) is 2.16. The van der Waals surface area contributed by atoms with Gasteiger partial charge in [-0.2, -0.15) is 4.98 Å². The average Bonchev–Trinajstić information content (AvgIpc) is 2.97. The van der Waals surface area contributed by atoms with Gasteiger partial charge in [0.05, 0.1) is 6.54 Å². The molecule has 2 saturated heterocycles. The largest absolute Gasteiger partial charge is 0.339 e. The molecule has 2 bridgehead atoms. The van der Waals surface area contributed by atoms with Gasteiger partial charge < -0.3 is 9.84 Å². The molecule has 6 heteroatoms. The Balaban J connectivity index is 0.00000147. The maximum Gasteiger partial charge on any atom is 0.226 e. The maximum atomic E-state index is 5.25. The maximum absolute atomic E-state index is 5.25. The molecule has 2 unspecified atom stereocenters. The molecule has 0 amide bonds. The molecule has 0 saturated carbocycles. The van der Waals surface area contributed by atoms with Crippen LogP contribution < -0.4 is 5.32 Å². The summed E-state index contributed by atoms with van der Waals surface area (Å²) in [5.41, 5.74) is 0. The molecule has 1 N–H and O–H groups in total. The SMILES string of the molecule is CCCc1nc(CN(C)C2CC3CCC(C2)N3)no1.Cl. The van der Waals surface area contributed by atoms with E-state index in [1.807, 2.05) is 0 Å². The lowest BCUT2D eigenvalue weighted by Gasteiger charge is -2.34. The first-order valence-electron chi connectivity index (χ1n) is 7.52. The van der Waals surface area contributed by atoms with Crippen LogP contribution in [0.15, 0.2) is 4.52 Å². The van der Waals surface area contributed by atoms with Gasteiger partial charge in [-0.3, -0.25) is 4.90 Å². The zero-order chi connectivity index (χ0) is 13.2. The average molecular weight is 301 g/mol. The van der Waals surface area contributed by atoms with Gasteiger partial charge in [0.25, 0.3) is 0 Å². The Bertz CT molecular complexity index is 413. The van der Waals surface area contributed by atoms with Crippen molar-refractivity contribution in [1.82, 2.24) is 20.4 Å². The Labute approximate surface area is 126 Å². The fourth-order valence-corrected chi connectivity index (χ4v) is 3.41. The van der Waals surface area contributed by atoms with E-state index in [1.165, 1.54) is 25.7 Å². The van der Waals surface area contributed by atoms with Crippen LogP contribution in [0.25, 0.3) is 0 Å². The van der Waals surface area contributed by atoms with Gasteiger partial charge in [0.15, 0.2) is 5.82 Å². The van der Waals surface area contributed by atoms with Crippen molar-refractivity contribution in [3.05, 3.63) is 11.7 Å². The van der Waals surface area contributed by atoms with Crippen LogP contribution in [0.4, 0.5) is 0 Å². The normalized spacial score (nSPS) is 28.6. The van der Waals surface area contributed by atoms with Crippen LogP contribution in [-0.2, 0) is 13.0 Å². The van der Waals surface area contributed by atoms with Gasteiger partial charge in [-0.15, -0.1) is 12.4 Å². The highest BCUT2D eigenvalue weighted by molar-refractivity contribution is 5.85. The van der Waals surface area contributed by atoms with Gasteiger partial charge in [0, 0.05) is 24.5 Å². The zero-order valence-electron chi connectivity index (χ0n) is 12.3. The summed E-state index contributed by atoms with van der Waals surface area (Å²) in [5, 5.41) is 7.76. The number of aryl methyl sites for hydroxylation is 1. The summed E-state index contributed by atoms with van der Waals surface area (Å²) in [7, 11) is 2.19. The number of hydrogen-bond acceptors (Lipinski definition) is 5. The smallest absolute Gasteiger partial charge is 0.226 e. The minimum absolute atomic E-state index is 0. The number of nitrogens with one attached hydrogen (secondary N) is 1. The van der Waals surface area contributed by atoms with E-state index in [0.717, 1.165) is 43.2 Å². The third kappa shape index (κ3) is 3.51. The van der Waals surface area contributed by atoms with Crippen LogP contribution in [0.2, 0.25) is 0 Å². The standard InChI is InChI=1S/C14H24N4O.ClH/c1-3-4-14-16-13(17-19-14)9-18(2)12-7-10-5-6-11(8-12)15-10;/h10-12,15H,3-9H2,1-2H3;1H. The van der Waals surface area contributed by atoms with E-state index >= 15 is 0 Å². The van der Waals surface area contributed by atoms with E-state index in [4.69, 9.17) is 4.52 Å². The van der Waals surface area contributed by atoms with Crippen molar-refractivity contribution in [2.75, 3.05) is 7.05 Å². The molecule has 2 atom stereocenters. The van der Waals surface area contributed by atoms with Crippen molar-refractivity contribution >= 4 is 12.4 Å². The molecular weight excluding hydrogens is 276 g/mol. The lowest BCUT2D eigenvalue weighted by molar-refractivity contribution is 0.161. The summed E-state index contributed by atoms with van der Waals surface area (Å²) in [6.07, 6.45) is 7.14. The fourth-order valence-electron chi connectivity index (χ4n) is 3.41. The second-order valence-corrected chi connectivity index (χ2v) is 6.03. The Kier molecular flexibility index (Phi) is 5.41. The van der Waals surface area contributed by atoms with Gasteiger partial charge in [-0.1, -0.05) is 12.1 Å². The van der Waals surface area contributed by atoms with Gasteiger partial charge >= 0.3 is 0 Å². The lowest BCUT2D eigenvalue weighted by atomic mass is 9.98. The Morgan fingerprint density at radius 3 is 2.65 bits per heavy atom. The molecule has 2 aliphatic rings. The quantitative estimate of drug-likeness (QED) is 0.903. The first-order chi connectivity index (χ1) is 9.24. The first kappa shape index (κ1) is 15.7. The predicted molar refractivity (Wildman–Crippen MR) is 80.0 cm³/mol. The summed E-state index contributed by atoms with van der Waals surface area (Å²) in [4.78, 5) is 6.85. The molecule has 1 aromatic rings. The van der Waals surface area contributed by atoms with Gasteiger partial charge in [0.1, 0.15) is 0 Å². The lowest BCUT2D eigenvalue weighted by Crippen LogP contribution is -2.46. The topological polar surface area (TPSA) is 54.2 Å². The second kappa shape index (κ2) is 6.87. The van der Waals surface area contributed by atoms with Crippen LogP contribution in [0, 0.1) is 0 Å². The monoisotopic (exact) mass is 300 g/mol. The Morgan fingerprint density at radius 1 is 1.30 bits per heavy atom. The highest BCUT2D eigenvalue weighted by Gasteiger charge is 2.35. The van der Waals surface area contributed by atoms with Crippen LogP contribution in [0.5, 0.6) is 0 Å². The third-order valence-corrected chi connectivity index (χ3v) is 4.44. The molecule has 2 fully saturated rings. The highest BCUT2D eigenvalue weighted by atomic mass is 35.5.